The molecule has 0 amide bonds. The number of rotatable bonds is 3. The van der Waals surface area contributed by atoms with E-state index in [0.717, 1.165) is 48.0 Å². The first kappa shape index (κ1) is 15.7. The van der Waals surface area contributed by atoms with E-state index in [1.54, 1.807) is 18.2 Å². The first-order valence-corrected chi connectivity index (χ1v) is 8.97. The molecule has 5 heteroatoms. The summed E-state index contributed by atoms with van der Waals surface area (Å²) in [6.07, 6.45) is 4.11. The smallest absolute Gasteiger partial charge is 0.186 e. The second kappa shape index (κ2) is 5.60. The first-order chi connectivity index (χ1) is 11.5. The van der Waals surface area contributed by atoms with Crippen molar-refractivity contribution in [2.24, 2.45) is 5.41 Å². The standard InChI is InChI=1S/C19H16F2O2S/c20-17-6-3-13(9-18(17)21)16-11-19(7-8-19)10-15(16)12-1-4-14(5-2-12)24(22)23/h1-6,9H,7-8,10-11H2,(H,22,23). The number of benzene rings is 2. The van der Waals surface area contributed by atoms with Gasteiger partial charge in [0, 0.05) is 0 Å². The molecule has 0 heterocycles. The summed E-state index contributed by atoms with van der Waals surface area (Å²) in [4.78, 5) is 0.354. The van der Waals surface area contributed by atoms with Crippen LogP contribution < -0.4 is 0 Å². The van der Waals surface area contributed by atoms with E-state index >= 15 is 0 Å². The summed E-state index contributed by atoms with van der Waals surface area (Å²) < 4.78 is 47.2. The van der Waals surface area contributed by atoms with Gasteiger partial charge in [0.2, 0.25) is 0 Å². The van der Waals surface area contributed by atoms with Gasteiger partial charge in [-0.1, -0.05) is 18.2 Å². The third kappa shape index (κ3) is 2.72. The summed E-state index contributed by atoms with van der Waals surface area (Å²) in [5, 5.41) is 0. The molecular weight excluding hydrogens is 330 g/mol. The normalized spacial score (nSPS) is 19.8. The van der Waals surface area contributed by atoms with Crippen LogP contribution in [0, 0.1) is 17.0 Å². The van der Waals surface area contributed by atoms with Crippen molar-refractivity contribution >= 4 is 22.2 Å². The fraction of sp³-hybridized carbons (Fsp3) is 0.263. The predicted octanol–water partition coefficient (Wildman–Crippen LogP) is 5.03. The molecule has 2 nitrogen and oxygen atoms in total. The minimum absolute atomic E-state index is 0.272. The molecule has 2 aliphatic rings. The fourth-order valence-electron chi connectivity index (χ4n) is 3.57. The molecule has 0 saturated heterocycles. The minimum Gasteiger partial charge on any atom is -0.302 e. The zero-order valence-corrected chi connectivity index (χ0v) is 13.7. The lowest BCUT2D eigenvalue weighted by Gasteiger charge is -2.09. The van der Waals surface area contributed by atoms with E-state index in [1.165, 1.54) is 12.1 Å². The van der Waals surface area contributed by atoms with Crippen LogP contribution in [0.2, 0.25) is 0 Å². The average molecular weight is 346 g/mol. The van der Waals surface area contributed by atoms with Gasteiger partial charge < -0.3 is 4.55 Å². The van der Waals surface area contributed by atoms with Crippen molar-refractivity contribution in [3.63, 3.8) is 0 Å². The molecule has 2 aromatic carbocycles. The maximum absolute atomic E-state index is 13.7. The van der Waals surface area contributed by atoms with Crippen molar-refractivity contribution in [2.45, 2.75) is 30.6 Å². The van der Waals surface area contributed by atoms with Gasteiger partial charge in [-0.05, 0) is 77.6 Å². The Balaban J connectivity index is 1.78. The van der Waals surface area contributed by atoms with Crippen LogP contribution in [0.4, 0.5) is 8.78 Å². The third-order valence-electron chi connectivity index (χ3n) is 5.10. The van der Waals surface area contributed by atoms with Gasteiger partial charge in [-0.2, -0.15) is 0 Å². The molecule has 0 aromatic heterocycles. The molecule has 2 aliphatic carbocycles. The van der Waals surface area contributed by atoms with Crippen molar-refractivity contribution in [3.8, 4) is 0 Å². The highest BCUT2D eigenvalue weighted by Gasteiger charge is 2.48. The molecule has 24 heavy (non-hydrogen) atoms. The first-order valence-electron chi connectivity index (χ1n) is 7.86. The van der Waals surface area contributed by atoms with E-state index < -0.39 is 22.7 Å². The zero-order valence-electron chi connectivity index (χ0n) is 12.9. The van der Waals surface area contributed by atoms with Gasteiger partial charge in [0.05, 0.1) is 4.90 Å². The highest BCUT2D eigenvalue weighted by Crippen LogP contribution is 2.63. The van der Waals surface area contributed by atoms with Crippen molar-refractivity contribution in [2.75, 3.05) is 0 Å². The molecule has 1 atom stereocenters. The van der Waals surface area contributed by atoms with E-state index in [2.05, 4.69) is 0 Å². The zero-order chi connectivity index (χ0) is 16.9. The van der Waals surface area contributed by atoms with Crippen LogP contribution in [0.1, 0.15) is 36.8 Å². The lowest BCUT2D eigenvalue weighted by molar-refractivity contribution is 0.508. The number of hydrogen-bond acceptors (Lipinski definition) is 1. The van der Waals surface area contributed by atoms with E-state index in [0.29, 0.717) is 4.90 Å². The summed E-state index contributed by atoms with van der Waals surface area (Å²) in [5.74, 6) is -1.67. The number of allylic oxidation sites excluding steroid dienone is 2. The van der Waals surface area contributed by atoms with Gasteiger partial charge >= 0.3 is 0 Å². The Morgan fingerprint density at radius 1 is 0.875 bits per heavy atom. The Morgan fingerprint density at radius 3 is 2.00 bits per heavy atom. The largest absolute Gasteiger partial charge is 0.302 e. The van der Waals surface area contributed by atoms with E-state index in [-0.39, 0.29) is 5.41 Å². The summed E-state index contributed by atoms with van der Waals surface area (Å²) in [7, 11) is 0. The van der Waals surface area contributed by atoms with Crippen molar-refractivity contribution in [3.05, 3.63) is 65.2 Å². The second-order valence-corrected chi connectivity index (χ2v) is 7.68. The van der Waals surface area contributed by atoms with E-state index in [9.17, 15) is 13.0 Å². The van der Waals surface area contributed by atoms with Gasteiger partial charge in [0.1, 0.15) is 0 Å². The summed E-state index contributed by atoms with van der Waals surface area (Å²) in [6.45, 7) is 0. The molecule has 0 aliphatic heterocycles. The quantitative estimate of drug-likeness (QED) is 0.792. The lowest BCUT2D eigenvalue weighted by atomic mass is 9.97. The third-order valence-corrected chi connectivity index (χ3v) is 5.77. The Morgan fingerprint density at radius 2 is 1.46 bits per heavy atom. The minimum atomic E-state index is -2.00. The molecule has 0 bridgehead atoms. The SMILES string of the molecule is O=S(O)c1ccc(C2=C(c3ccc(F)c(F)c3)CC3(CC3)C2)cc1. The maximum Gasteiger partial charge on any atom is 0.186 e. The van der Waals surface area contributed by atoms with Crippen LogP contribution in [0.3, 0.4) is 0 Å². The van der Waals surface area contributed by atoms with E-state index in [4.69, 9.17) is 4.55 Å². The van der Waals surface area contributed by atoms with Gasteiger partial charge in [0.15, 0.2) is 22.7 Å². The molecular formula is C19H16F2O2S. The number of halogens is 2. The van der Waals surface area contributed by atoms with Crippen LogP contribution in [0.5, 0.6) is 0 Å². The Kier molecular flexibility index (Phi) is 3.66. The van der Waals surface area contributed by atoms with Gasteiger partial charge in [0.25, 0.3) is 0 Å². The van der Waals surface area contributed by atoms with E-state index in [1.807, 2.05) is 12.1 Å². The van der Waals surface area contributed by atoms with Gasteiger partial charge in [-0.25, -0.2) is 13.0 Å². The highest BCUT2D eigenvalue weighted by molar-refractivity contribution is 7.79. The van der Waals surface area contributed by atoms with Crippen LogP contribution in [-0.4, -0.2) is 8.76 Å². The van der Waals surface area contributed by atoms with Crippen LogP contribution in [-0.2, 0) is 11.1 Å². The predicted molar refractivity (Wildman–Crippen MR) is 89.6 cm³/mol. The molecule has 4 rings (SSSR count). The fourth-order valence-corrected chi connectivity index (χ4v) is 3.93. The van der Waals surface area contributed by atoms with Gasteiger partial charge in [-0.15, -0.1) is 0 Å². The van der Waals surface area contributed by atoms with Crippen molar-refractivity contribution in [1.29, 1.82) is 0 Å². The summed E-state index contributed by atoms with van der Waals surface area (Å²) in [5.41, 5.74) is 4.17. The number of hydrogen-bond donors (Lipinski definition) is 1. The molecule has 124 valence electrons. The molecule has 1 saturated carbocycles. The monoisotopic (exact) mass is 346 g/mol. The van der Waals surface area contributed by atoms with Crippen LogP contribution >= 0.6 is 0 Å². The Hall–Kier alpha value is -1.85. The highest BCUT2D eigenvalue weighted by atomic mass is 32.2. The van der Waals surface area contributed by atoms with Crippen molar-refractivity contribution in [1.82, 2.24) is 0 Å². The van der Waals surface area contributed by atoms with Gasteiger partial charge in [-0.3, -0.25) is 0 Å². The molecule has 1 N–H and O–H groups in total. The summed E-state index contributed by atoms with van der Waals surface area (Å²) in [6, 6.07) is 11.0. The molecule has 1 fully saturated rings. The molecule has 0 radical (unpaired) electrons. The van der Waals surface area contributed by atoms with Crippen LogP contribution in [0.25, 0.3) is 11.1 Å². The van der Waals surface area contributed by atoms with Crippen LogP contribution in [0.15, 0.2) is 47.4 Å². The molecule has 1 spiro atoms. The Bertz CT molecular complexity index is 867. The average Bonchev–Trinajstić information content (AvgIpc) is 3.21. The molecule has 1 unspecified atom stereocenters. The Labute approximate surface area is 141 Å². The summed E-state index contributed by atoms with van der Waals surface area (Å²) >= 11 is -2.00. The topological polar surface area (TPSA) is 37.3 Å². The molecule has 2 aromatic rings. The second-order valence-electron chi connectivity index (χ2n) is 6.71. The lowest BCUT2D eigenvalue weighted by Crippen LogP contribution is -1.93. The van der Waals surface area contributed by atoms with Crippen molar-refractivity contribution < 1.29 is 17.5 Å². The maximum atomic E-state index is 13.7.